The molecule has 4 nitrogen and oxygen atoms in total. The first-order chi connectivity index (χ1) is 10.3. The molecule has 4 heteroatoms. The smallest absolute Gasteiger partial charge is 0.407 e. The van der Waals surface area contributed by atoms with Gasteiger partial charge in [-0.1, -0.05) is 38.1 Å². The topological polar surface area (TPSA) is 47.6 Å². The number of rotatable bonds is 6. The molecule has 0 aliphatic rings. The third kappa shape index (κ3) is 8.35. The summed E-state index contributed by atoms with van der Waals surface area (Å²) in [5, 5.41) is 2.68. The summed E-state index contributed by atoms with van der Waals surface area (Å²) in [5.74, 6) is 1.39. The average molecular weight is 305 g/mol. The van der Waals surface area contributed by atoms with Gasteiger partial charge in [0.05, 0.1) is 6.61 Å². The molecule has 22 heavy (non-hydrogen) atoms. The summed E-state index contributed by atoms with van der Waals surface area (Å²) >= 11 is 0. The van der Waals surface area contributed by atoms with Crippen LogP contribution >= 0.6 is 0 Å². The average Bonchev–Trinajstić information content (AvgIpc) is 2.40. The van der Waals surface area contributed by atoms with Crippen LogP contribution in [-0.4, -0.2) is 24.8 Å². The van der Waals surface area contributed by atoms with Crippen molar-refractivity contribution in [2.45, 2.75) is 40.2 Å². The zero-order valence-electron chi connectivity index (χ0n) is 14.2. The van der Waals surface area contributed by atoms with E-state index in [0.717, 1.165) is 17.9 Å². The van der Waals surface area contributed by atoms with Crippen molar-refractivity contribution in [2.24, 2.45) is 5.92 Å². The summed E-state index contributed by atoms with van der Waals surface area (Å²) in [5.41, 5.74) is 0.586. The van der Waals surface area contributed by atoms with Crippen LogP contribution in [0.5, 0.6) is 5.75 Å². The van der Waals surface area contributed by atoms with Gasteiger partial charge < -0.3 is 14.8 Å². The molecule has 0 spiro atoms. The molecule has 0 fully saturated rings. The molecule has 0 aliphatic heterocycles. The summed E-state index contributed by atoms with van der Waals surface area (Å²) < 4.78 is 10.8. The lowest BCUT2D eigenvalue weighted by Crippen LogP contribution is -2.32. The Morgan fingerprint density at radius 3 is 2.41 bits per heavy atom. The maximum atomic E-state index is 11.5. The van der Waals surface area contributed by atoms with Crippen molar-refractivity contribution in [3.63, 3.8) is 0 Å². The number of carbonyl (C=O) groups is 1. The monoisotopic (exact) mass is 305 g/mol. The Balaban J connectivity index is 2.36. The molecule has 0 aromatic heterocycles. The van der Waals surface area contributed by atoms with Gasteiger partial charge in [0.2, 0.25) is 0 Å². The molecule has 1 amide bonds. The first-order valence-electron chi connectivity index (χ1n) is 7.62. The molecule has 0 unspecified atom stereocenters. The van der Waals surface area contributed by atoms with Gasteiger partial charge in [0, 0.05) is 6.54 Å². The quantitative estimate of drug-likeness (QED) is 0.854. The van der Waals surface area contributed by atoms with E-state index in [1.807, 2.05) is 57.2 Å². The third-order valence-electron chi connectivity index (χ3n) is 2.54. The van der Waals surface area contributed by atoms with E-state index in [2.05, 4.69) is 19.2 Å². The van der Waals surface area contributed by atoms with Gasteiger partial charge >= 0.3 is 6.09 Å². The first-order valence-corrected chi connectivity index (χ1v) is 7.62. The summed E-state index contributed by atoms with van der Waals surface area (Å²) in [4.78, 5) is 11.5. The third-order valence-corrected chi connectivity index (χ3v) is 2.54. The fourth-order valence-corrected chi connectivity index (χ4v) is 1.59. The number of ether oxygens (including phenoxy) is 2. The fourth-order valence-electron chi connectivity index (χ4n) is 1.59. The molecular weight excluding hydrogens is 278 g/mol. The van der Waals surface area contributed by atoms with Crippen molar-refractivity contribution < 1.29 is 14.3 Å². The fraction of sp³-hybridized carbons (Fsp3) is 0.500. The summed E-state index contributed by atoms with van der Waals surface area (Å²) in [6, 6.07) is 7.87. The van der Waals surface area contributed by atoms with Crippen molar-refractivity contribution >= 4 is 12.2 Å². The zero-order valence-corrected chi connectivity index (χ0v) is 14.2. The van der Waals surface area contributed by atoms with Crippen LogP contribution in [0.2, 0.25) is 0 Å². The minimum absolute atomic E-state index is 0.408. The molecular formula is C18H27NO3. The second-order valence-corrected chi connectivity index (χ2v) is 6.56. The Morgan fingerprint density at radius 2 is 1.86 bits per heavy atom. The van der Waals surface area contributed by atoms with Crippen molar-refractivity contribution in [1.82, 2.24) is 5.32 Å². The first kappa shape index (κ1) is 18.1. The van der Waals surface area contributed by atoms with Crippen LogP contribution in [0, 0.1) is 5.92 Å². The molecule has 0 bridgehead atoms. The van der Waals surface area contributed by atoms with Gasteiger partial charge in [0.1, 0.15) is 11.4 Å². The van der Waals surface area contributed by atoms with E-state index in [1.165, 1.54) is 0 Å². The number of carbonyl (C=O) groups excluding carboxylic acids is 1. The summed E-state index contributed by atoms with van der Waals surface area (Å²) in [6.07, 6.45) is 3.42. The normalized spacial score (nSPS) is 11.7. The van der Waals surface area contributed by atoms with Gasteiger partial charge in [-0.15, -0.1) is 0 Å². The van der Waals surface area contributed by atoms with Gasteiger partial charge in [0.15, 0.2) is 0 Å². The van der Waals surface area contributed by atoms with Crippen LogP contribution in [0.15, 0.2) is 30.3 Å². The Hall–Kier alpha value is -1.97. The number of alkyl carbamates (subject to hydrolysis) is 1. The molecule has 0 heterocycles. The lowest BCUT2D eigenvalue weighted by Gasteiger charge is -2.19. The summed E-state index contributed by atoms with van der Waals surface area (Å²) in [6.45, 7) is 10.9. The van der Waals surface area contributed by atoms with Gasteiger partial charge in [-0.2, -0.15) is 0 Å². The van der Waals surface area contributed by atoms with E-state index >= 15 is 0 Å². The van der Waals surface area contributed by atoms with E-state index in [4.69, 9.17) is 9.47 Å². The molecule has 1 aromatic carbocycles. The molecule has 0 saturated heterocycles. The number of hydrogen-bond acceptors (Lipinski definition) is 3. The molecule has 1 rings (SSSR count). The predicted octanol–water partition coefficient (Wildman–Crippen LogP) is 4.26. The SMILES string of the molecule is CC(C)COc1ccc(C=CCNC(=O)OC(C)(C)C)cc1. The predicted molar refractivity (Wildman–Crippen MR) is 90.0 cm³/mol. The zero-order chi connectivity index (χ0) is 16.6. The minimum atomic E-state index is -0.473. The Kier molecular flexibility index (Phi) is 6.96. The Bertz CT molecular complexity index is 484. The molecule has 1 N–H and O–H groups in total. The van der Waals surface area contributed by atoms with E-state index in [0.29, 0.717) is 12.5 Å². The number of nitrogens with one attached hydrogen (secondary N) is 1. The van der Waals surface area contributed by atoms with Crippen LogP contribution in [0.3, 0.4) is 0 Å². The lowest BCUT2D eigenvalue weighted by atomic mass is 10.2. The molecule has 0 aliphatic carbocycles. The van der Waals surface area contributed by atoms with E-state index < -0.39 is 11.7 Å². The standard InChI is InChI=1S/C18H27NO3/c1-14(2)13-21-16-10-8-15(9-11-16)7-6-12-19-17(20)22-18(3,4)5/h6-11,14H,12-13H2,1-5H3,(H,19,20). The van der Waals surface area contributed by atoms with Crippen molar-refractivity contribution in [2.75, 3.05) is 13.2 Å². The molecule has 0 atom stereocenters. The highest BCUT2D eigenvalue weighted by Crippen LogP contribution is 2.14. The Morgan fingerprint density at radius 1 is 1.23 bits per heavy atom. The Labute approximate surface area is 133 Å². The van der Waals surface area contributed by atoms with E-state index in [9.17, 15) is 4.79 Å². The van der Waals surface area contributed by atoms with Gasteiger partial charge in [-0.3, -0.25) is 0 Å². The molecule has 122 valence electrons. The van der Waals surface area contributed by atoms with Gasteiger partial charge in [-0.25, -0.2) is 4.79 Å². The van der Waals surface area contributed by atoms with E-state index in [-0.39, 0.29) is 0 Å². The van der Waals surface area contributed by atoms with Crippen molar-refractivity contribution in [1.29, 1.82) is 0 Å². The van der Waals surface area contributed by atoms with Crippen LogP contribution < -0.4 is 10.1 Å². The van der Waals surface area contributed by atoms with Gasteiger partial charge in [0.25, 0.3) is 0 Å². The van der Waals surface area contributed by atoms with Crippen LogP contribution in [-0.2, 0) is 4.74 Å². The second kappa shape index (κ2) is 8.47. The largest absolute Gasteiger partial charge is 0.493 e. The number of amides is 1. The minimum Gasteiger partial charge on any atom is -0.493 e. The van der Waals surface area contributed by atoms with Crippen molar-refractivity contribution in [3.05, 3.63) is 35.9 Å². The van der Waals surface area contributed by atoms with E-state index in [1.54, 1.807) is 0 Å². The van der Waals surface area contributed by atoms with Crippen LogP contribution in [0.4, 0.5) is 4.79 Å². The molecule has 0 radical (unpaired) electrons. The van der Waals surface area contributed by atoms with Gasteiger partial charge in [-0.05, 0) is 44.4 Å². The second-order valence-electron chi connectivity index (χ2n) is 6.56. The number of hydrogen-bond donors (Lipinski definition) is 1. The molecule has 0 saturated carbocycles. The van der Waals surface area contributed by atoms with Crippen molar-refractivity contribution in [3.8, 4) is 5.75 Å². The summed E-state index contributed by atoms with van der Waals surface area (Å²) in [7, 11) is 0. The highest BCUT2D eigenvalue weighted by molar-refractivity contribution is 5.68. The highest BCUT2D eigenvalue weighted by Gasteiger charge is 2.14. The van der Waals surface area contributed by atoms with Crippen LogP contribution in [0.1, 0.15) is 40.2 Å². The molecule has 1 aromatic rings. The lowest BCUT2D eigenvalue weighted by molar-refractivity contribution is 0.0534. The maximum absolute atomic E-state index is 11.5. The highest BCUT2D eigenvalue weighted by atomic mass is 16.6. The number of benzene rings is 1. The maximum Gasteiger partial charge on any atom is 0.407 e. The van der Waals surface area contributed by atoms with Crippen LogP contribution in [0.25, 0.3) is 6.08 Å².